The van der Waals surface area contributed by atoms with Crippen LogP contribution in [0.25, 0.3) is 0 Å². The van der Waals surface area contributed by atoms with E-state index >= 15 is 0 Å². The number of carboxylic acid groups (broad SMARTS) is 1. The molecule has 12 heavy (non-hydrogen) atoms. The van der Waals surface area contributed by atoms with E-state index in [2.05, 4.69) is 11.6 Å². The highest BCUT2D eigenvalue weighted by molar-refractivity contribution is 6.15. The average molecular weight is 194 g/mol. The topological polar surface area (TPSA) is 63.3 Å². The van der Waals surface area contributed by atoms with Gasteiger partial charge in [0.2, 0.25) is 0 Å². The third-order valence-electron chi connectivity index (χ3n) is 1.26. The van der Waals surface area contributed by atoms with Crippen molar-refractivity contribution in [3.8, 4) is 0 Å². The second-order valence-electron chi connectivity index (χ2n) is 2.32. The summed E-state index contributed by atoms with van der Waals surface area (Å²) in [6.07, 6.45) is 1.93. The minimum atomic E-state index is -0.856. The van der Waals surface area contributed by atoms with E-state index in [1.807, 2.05) is 0 Å². The fraction of sp³-hybridized carbons (Fsp3) is 0.625. The van der Waals surface area contributed by atoms with Gasteiger partial charge in [-0.3, -0.25) is 0 Å². The molecular weight excluding hydrogens is 178 g/mol. The predicted molar refractivity (Wildman–Crippen MR) is 51.5 cm³/mol. The molecule has 0 amide bonds. The van der Waals surface area contributed by atoms with Gasteiger partial charge in [0.05, 0.1) is 0 Å². The SMILES string of the molecule is CC(C)=C(CCN)C(=O)O.CCl. The average Bonchev–Trinajstić information content (AvgIpc) is 2.03. The van der Waals surface area contributed by atoms with E-state index in [1.165, 1.54) is 6.38 Å². The van der Waals surface area contributed by atoms with Crippen molar-refractivity contribution in [1.82, 2.24) is 0 Å². The van der Waals surface area contributed by atoms with Crippen LogP contribution in [0.5, 0.6) is 0 Å². The lowest BCUT2D eigenvalue weighted by Crippen LogP contribution is -2.08. The Bertz CT molecular complexity index is 162. The number of carboxylic acids is 1. The fourth-order valence-electron chi connectivity index (χ4n) is 0.715. The first-order chi connectivity index (χ1) is 5.59. The summed E-state index contributed by atoms with van der Waals surface area (Å²) in [7, 11) is 0. The van der Waals surface area contributed by atoms with Crippen molar-refractivity contribution in [2.75, 3.05) is 12.9 Å². The monoisotopic (exact) mass is 193 g/mol. The lowest BCUT2D eigenvalue weighted by Gasteiger charge is -2.00. The molecule has 0 spiro atoms. The molecule has 0 unspecified atom stereocenters. The van der Waals surface area contributed by atoms with Crippen LogP contribution in [0.3, 0.4) is 0 Å². The molecule has 0 saturated carbocycles. The van der Waals surface area contributed by atoms with E-state index in [0.717, 1.165) is 5.57 Å². The van der Waals surface area contributed by atoms with Gasteiger partial charge in [0, 0.05) is 12.0 Å². The number of rotatable bonds is 3. The van der Waals surface area contributed by atoms with Gasteiger partial charge in [0.25, 0.3) is 0 Å². The molecule has 0 atom stereocenters. The molecule has 0 aliphatic heterocycles. The van der Waals surface area contributed by atoms with Gasteiger partial charge in [0.1, 0.15) is 0 Å². The van der Waals surface area contributed by atoms with Gasteiger partial charge in [-0.15, -0.1) is 11.6 Å². The van der Waals surface area contributed by atoms with Gasteiger partial charge >= 0.3 is 5.97 Å². The summed E-state index contributed by atoms with van der Waals surface area (Å²) in [6, 6.07) is 0. The molecule has 0 aromatic heterocycles. The number of hydrogen-bond donors (Lipinski definition) is 2. The lowest BCUT2D eigenvalue weighted by atomic mass is 10.1. The quantitative estimate of drug-likeness (QED) is 0.529. The van der Waals surface area contributed by atoms with Crippen LogP contribution in [-0.2, 0) is 4.79 Å². The zero-order chi connectivity index (χ0) is 10.1. The highest BCUT2D eigenvalue weighted by Gasteiger charge is 2.06. The first-order valence-electron chi connectivity index (χ1n) is 3.57. The Morgan fingerprint density at radius 1 is 1.42 bits per heavy atom. The Balaban J connectivity index is 0. The van der Waals surface area contributed by atoms with E-state index in [9.17, 15) is 4.79 Å². The fourth-order valence-corrected chi connectivity index (χ4v) is 0.715. The molecule has 0 saturated heterocycles. The van der Waals surface area contributed by atoms with Crippen LogP contribution >= 0.6 is 11.6 Å². The molecule has 0 radical (unpaired) electrons. The van der Waals surface area contributed by atoms with Crippen molar-refractivity contribution in [2.45, 2.75) is 20.3 Å². The summed E-state index contributed by atoms with van der Waals surface area (Å²) in [5.41, 5.74) is 6.47. The Kier molecular flexibility index (Phi) is 9.99. The molecule has 0 fully saturated rings. The molecule has 0 aliphatic carbocycles. The molecule has 0 rings (SSSR count). The van der Waals surface area contributed by atoms with E-state index < -0.39 is 5.97 Å². The zero-order valence-electron chi connectivity index (χ0n) is 7.72. The van der Waals surface area contributed by atoms with Crippen molar-refractivity contribution >= 4 is 17.6 Å². The number of alkyl halides is 1. The number of carbonyl (C=O) groups is 1. The minimum Gasteiger partial charge on any atom is -0.478 e. The second kappa shape index (κ2) is 8.56. The van der Waals surface area contributed by atoms with Crippen molar-refractivity contribution in [2.24, 2.45) is 5.73 Å². The van der Waals surface area contributed by atoms with Gasteiger partial charge in [0.15, 0.2) is 0 Å². The van der Waals surface area contributed by atoms with E-state index in [4.69, 9.17) is 10.8 Å². The summed E-state index contributed by atoms with van der Waals surface area (Å²) in [5, 5.41) is 8.56. The largest absolute Gasteiger partial charge is 0.478 e. The van der Waals surface area contributed by atoms with Crippen LogP contribution in [-0.4, -0.2) is 24.0 Å². The molecule has 3 N–H and O–H groups in total. The molecule has 0 aromatic rings. The van der Waals surface area contributed by atoms with E-state index in [1.54, 1.807) is 13.8 Å². The summed E-state index contributed by atoms with van der Waals surface area (Å²) < 4.78 is 0. The maximum Gasteiger partial charge on any atom is 0.331 e. The smallest absolute Gasteiger partial charge is 0.331 e. The molecule has 0 aromatic carbocycles. The lowest BCUT2D eigenvalue weighted by molar-refractivity contribution is -0.132. The number of hydrogen-bond acceptors (Lipinski definition) is 2. The number of halogens is 1. The van der Waals surface area contributed by atoms with Crippen molar-refractivity contribution in [1.29, 1.82) is 0 Å². The summed E-state index contributed by atoms with van der Waals surface area (Å²) in [6.45, 7) is 3.95. The third kappa shape index (κ3) is 6.19. The van der Waals surface area contributed by atoms with E-state index in [0.29, 0.717) is 18.5 Å². The van der Waals surface area contributed by atoms with Crippen LogP contribution in [0.2, 0.25) is 0 Å². The van der Waals surface area contributed by atoms with Crippen LogP contribution < -0.4 is 5.73 Å². The zero-order valence-corrected chi connectivity index (χ0v) is 8.48. The summed E-state index contributed by atoms with van der Waals surface area (Å²) in [5.74, 6) is -0.856. The third-order valence-corrected chi connectivity index (χ3v) is 1.26. The van der Waals surface area contributed by atoms with Crippen LogP contribution in [0, 0.1) is 0 Å². The van der Waals surface area contributed by atoms with Crippen molar-refractivity contribution in [3.63, 3.8) is 0 Å². The van der Waals surface area contributed by atoms with Crippen LogP contribution in [0.15, 0.2) is 11.1 Å². The maximum atomic E-state index is 10.4. The Hall–Kier alpha value is -0.540. The predicted octanol–water partition coefficient (Wildman–Crippen LogP) is 1.61. The van der Waals surface area contributed by atoms with Gasteiger partial charge < -0.3 is 10.8 Å². The Morgan fingerprint density at radius 2 is 1.83 bits per heavy atom. The van der Waals surface area contributed by atoms with Gasteiger partial charge in [-0.25, -0.2) is 4.79 Å². The van der Waals surface area contributed by atoms with Gasteiger partial charge in [-0.1, -0.05) is 5.57 Å². The Labute approximate surface area is 78.2 Å². The van der Waals surface area contributed by atoms with Crippen molar-refractivity contribution in [3.05, 3.63) is 11.1 Å². The van der Waals surface area contributed by atoms with Gasteiger partial charge in [-0.2, -0.15) is 0 Å². The highest BCUT2D eigenvalue weighted by Crippen LogP contribution is 2.06. The van der Waals surface area contributed by atoms with Crippen LogP contribution in [0.1, 0.15) is 20.3 Å². The molecule has 0 heterocycles. The standard InChI is InChI=1S/C7H13NO2.CH3Cl/c1-5(2)6(3-4-8)7(9)10;1-2/h3-4,8H2,1-2H3,(H,9,10);1H3. The number of aliphatic carboxylic acids is 1. The molecule has 4 heteroatoms. The molecule has 3 nitrogen and oxygen atoms in total. The first kappa shape index (κ1) is 14.0. The number of nitrogens with two attached hydrogens (primary N) is 1. The number of allylic oxidation sites excluding steroid dienone is 1. The normalized spacial score (nSPS) is 8.08. The first-order valence-corrected chi connectivity index (χ1v) is 4.32. The Morgan fingerprint density at radius 3 is 1.92 bits per heavy atom. The highest BCUT2D eigenvalue weighted by atomic mass is 35.5. The molecular formula is C8H16ClNO2. The minimum absolute atomic E-state index is 0.396. The maximum absolute atomic E-state index is 10.4. The molecule has 72 valence electrons. The summed E-state index contributed by atoms with van der Waals surface area (Å²) in [4.78, 5) is 10.4. The van der Waals surface area contributed by atoms with E-state index in [-0.39, 0.29) is 0 Å². The van der Waals surface area contributed by atoms with Crippen molar-refractivity contribution < 1.29 is 9.90 Å². The van der Waals surface area contributed by atoms with Crippen LogP contribution in [0.4, 0.5) is 0 Å². The molecule has 0 aliphatic rings. The second-order valence-corrected chi connectivity index (χ2v) is 2.32. The van der Waals surface area contributed by atoms with Gasteiger partial charge in [-0.05, 0) is 26.8 Å². The molecule has 0 bridgehead atoms. The summed E-state index contributed by atoms with van der Waals surface area (Å²) >= 11 is 4.64.